The molecule has 1 unspecified atom stereocenters. The number of aliphatic carboxylic acids is 1. The van der Waals surface area contributed by atoms with E-state index in [4.69, 9.17) is 16.7 Å². The van der Waals surface area contributed by atoms with Gasteiger partial charge < -0.3 is 5.11 Å². The van der Waals surface area contributed by atoms with Crippen LogP contribution in [0, 0.1) is 5.92 Å². The second-order valence-electron chi connectivity index (χ2n) is 5.71. The normalized spacial score (nSPS) is 17.9. The number of benzene rings is 1. The van der Waals surface area contributed by atoms with Crippen LogP contribution in [0.2, 0.25) is 5.02 Å². The predicted octanol–water partition coefficient (Wildman–Crippen LogP) is 3.59. The van der Waals surface area contributed by atoms with Crippen LogP contribution in [0.1, 0.15) is 37.3 Å². The lowest BCUT2D eigenvalue weighted by Gasteiger charge is -2.26. The Morgan fingerprint density at radius 2 is 2.05 bits per heavy atom. The third kappa shape index (κ3) is 4.22. The lowest BCUT2D eigenvalue weighted by Crippen LogP contribution is -2.29. The molecule has 1 aromatic carbocycles. The number of rotatable bonds is 5. The Labute approximate surface area is 125 Å². The molecule has 4 heteroatoms. The van der Waals surface area contributed by atoms with Crippen molar-refractivity contribution in [1.29, 1.82) is 0 Å². The molecule has 1 aromatic rings. The van der Waals surface area contributed by atoms with Crippen LogP contribution in [-0.4, -0.2) is 29.1 Å². The monoisotopic (exact) mass is 295 g/mol. The van der Waals surface area contributed by atoms with Crippen molar-refractivity contribution in [3.63, 3.8) is 0 Å². The van der Waals surface area contributed by atoms with Gasteiger partial charge >= 0.3 is 5.97 Å². The molecule has 0 saturated carbocycles. The van der Waals surface area contributed by atoms with Gasteiger partial charge in [-0.1, -0.05) is 37.1 Å². The predicted molar refractivity (Wildman–Crippen MR) is 81.1 cm³/mol. The standard InChI is InChI=1S/C16H22ClNO2/c1-12(16(19)20)9-13-5-6-14(15(17)10-13)11-18-7-3-2-4-8-18/h5-6,10,12H,2-4,7-9,11H2,1H3,(H,19,20). The average molecular weight is 296 g/mol. The molecule has 1 aliphatic heterocycles. The maximum Gasteiger partial charge on any atom is 0.306 e. The number of halogens is 1. The highest BCUT2D eigenvalue weighted by Gasteiger charge is 2.14. The van der Waals surface area contributed by atoms with E-state index in [2.05, 4.69) is 4.90 Å². The molecular formula is C16H22ClNO2. The minimum absolute atomic E-state index is 0.376. The Morgan fingerprint density at radius 3 is 2.65 bits per heavy atom. The summed E-state index contributed by atoms with van der Waals surface area (Å²) in [4.78, 5) is 13.3. The maximum absolute atomic E-state index is 10.9. The van der Waals surface area contributed by atoms with Gasteiger partial charge in [-0.05, 0) is 49.5 Å². The molecule has 20 heavy (non-hydrogen) atoms. The van der Waals surface area contributed by atoms with Crippen LogP contribution >= 0.6 is 11.6 Å². The zero-order chi connectivity index (χ0) is 14.5. The first-order chi connectivity index (χ1) is 9.56. The molecule has 0 aromatic heterocycles. The van der Waals surface area contributed by atoms with E-state index in [-0.39, 0.29) is 5.92 Å². The van der Waals surface area contributed by atoms with E-state index in [1.807, 2.05) is 18.2 Å². The third-order valence-electron chi connectivity index (χ3n) is 3.92. The molecular weight excluding hydrogens is 274 g/mol. The van der Waals surface area contributed by atoms with E-state index >= 15 is 0 Å². The van der Waals surface area contributed by atoms with Crippen molar-refractivity contribution in [2.24, 2.45) is 5.92 Å². The summed E-state index contributed by atoms with van der Waals surface area (Å²) in [5.41, 5.74) is 2.13. The van der Waals surface area contributed by atoms with E-state index in [1.54, 1.807) is 6.92 Å². The number of carbonyl (C=O) groups is 1. The van der Waals surface area contributed by atoms with Gasteiger partial charge in [-0.15, -0.1) is 0 Å². The Morgan fingerprint density at radius 1 is 1.35 bits per heavy atom. The first-order valence-electron chi connectivity index (χ1n) is 7.28. The molecule has 1 heterocycles. The lowest BCUT2D eigenvalue weighted by molar-refractivity contribution is -0.141. The van der Waals surface area contributed by atoms with E-state index in [9.17, 15) is 4.79 Å². The molecule has 0 amide bonds. The van der Waals surface area contributed by atoms with Crippen molar-refractivity contribution in [3.8, 4) is 0 Å². The highest BCUT2D eigenvalue weighted by Crippen LogP contribution is 2.22. The van der Waals surface area contributed by atoms with Crippen molar-refractivity contribution in [3.05, 3.63) is 34.3 Å². The van der Waals surface area contributed by atoms with Crippen LogP contribution < -0.4 is 0 Å². The topological polar surface area (TPSA) is 40.5 Å². The van der Waals surface area contributed by atoms with Gasteiger partial charge in [0.25, 0.3) is 0 Å². The number of carboxylic acid groups (broad SMARTS) is 1. The molecule has 0 spiro atoms. The summed E-state index contributed by atoms with van der Waals surface area (Å²) in [6.45, 7) is 4.91. The second-order valence-corrected chi connectivity index (χ2v) is 6.11. The quantitative estimate of drug-likeness (QED) is 0.902. The number of hydrogen-bond donors (Lipinski definition) is 1. The number of piperidine rings is 1. The van der Waals surface area contributed by atoms with Crippen LogP contribution in [0.15, 0.2) is 18.2 Å². The summed E-state index contributed by atoms with van der Waals surface area (Å²) < 4.78 is 0. The van der Waals surface area contributed by atoms with Gasteiger partial charge in [0.05, 0.1) is 5.92 Å². The zero-order valence-corrected chi connectivity index (χ0v) is 12.7. The van der Waals surface area contributed by atoms with Crippen LogP contribution in [0.3, 0.4) is 0 Å². The van der Waals surface area contributed by atoms with Gasteiger partial charge in [0, 0.05) is 11.6 Å². The molecule has 1 aliphatic rings. The molecule has 110 valence electrons. The van der Waals surface area contributed by atoms with Crippen molar-refractivity contribution >= 4 is 17.6 Å². The highest BCUT2D eigenvalue weighted by molar-refractivity contribution is 6.31. The Balaban J connectivity index is 1.99. The average Bonchev–Trinajstić information content (AvgIpc) is 2.43. The number of nitrogens with zero attached hydrogens (tertiary/aromatic N) is 1. The Hall–Kier alpha value is -1.06. The van der Waals surface area contributed by atoms with Crippen molar-refractivity contribution in [1.82, 2.24) is 4.90 Å². The highest BCUT2D eigenvalue weighted by atomic mass is 35.5. The fourth-order valence-corrected chi connectivity index (χ4v) is 2.91. The van der Waals surface area contributed by atoms with Crippen LogP contribution in [0.4, 0.5) is 0 Å². The Bertz CT molecular complexity index is 470. The summed E-state index contributed by atoms with van der Waals surface area (Å²) in [5, 5.41) is 9.70. The van der Waals surface area contributed by atoms with E-state index in [1.165, 1.54) is 19.3 Å². The first-order valence-corrected chi connectivity index (χ1v) is 7.66. The summed E-state index contributed by atoms with van der Waals surface area (Å²) in [5.74, 6) is -1.14. The maximum atomic E-state index is 10.9. The molecule has 2 rings (SSSR count). The minimum Gasteiger partial charge on any atom is -0.481 e. The van der Waals surface area contributed by atoms with Crippen LogP contribution in [-0.2, 0) is 17.8 Å². The summed E-state index contributed by atoms with van der Waals surface area (Å²) >= 11 is 6.34. The van der Waals surface area contributed by atoms with Crippen LogP contribution in [0.5, 0.6) is 0 Å². The SMILES string of the molecule is CC(Cc1ccc(CN2CCCCC2)c(Cl)c1)C(=O)O. The van der Waals surface area contributed by atoms with Gasteiger partial charge in [0.1, 0.15) is 0 Å². The molecule has 3 nitrogen and oxygen atoms in total. The largest absolute Gasteiger partial charge is 0.481 e. The zero-order valence-electron chi connectivity index (χ0n) is 11.9. The van der Waals surface area contributed by atoms with Gasteiger partial charge in [-0.2, -0.15) is 0 Å². The van der Waals surface area contributed by atoms with Gasteiger partial charge in [-0.25, -0.2) is 0 Å². The fraction of sp³-hybridized carbons (Fsp3) is 0.562. The molecule has 1 atom stereocenters. The molecule has 1 N–H and O–H groups in total. The molecule has 1 saturated heterocycles. The number of carboxylic acids is 1. The van der Waals surface area contributed by atoms with Gasteiger partial charge in [0.2, 0.25) is 0 Å². The summed E-state index contributed by atoms with van der Waals surface area (Å²) in [7, 11) is 0. The van der Waals surface area contributed by atoms with Gasteiger partial charge in [0.15, 0.2) is 0 Å². The van der Waals surface area contributed by atoms with Crippen molar-refractivity contribution in [2.75, 3.05) is 13.1 Å². The van der Waals surface area contributed by atoms with E-state index in [0.29, 0.717) is 6.42 Å². The molecule has 0 radical (unpaired) electrons. The molecule has 1 fully saturated rings. The van der Waals surface area contributed by atoms with E-state index in [0.717, 1.165) is 35.8 Å². The van der Waals surface area contributed by atoms with Crippen molar-refractivity contribution < 1.29 is 9.90 Å². The van der Waals surface area contributed by atoms with Crippen LogP contribution in [0.25, 0.3) is 0 Å². The fourth-order valence-electron chi connectivity index (χ4n) is 2.65. The summed E-state index contributed by atoms with van der Waals surface area (Å²) in [6.07, 6.45) is 4.40. The van der Waals surface area contributed by atoms with Crippen molar-refractivity contribution in [2.45, 2.75) is 39.2 Å². The smallest absolute Gasteiger partial charge is 0.306 e. The number of likely N-dealkylation sites (tertiary alicyclic amines) is 1. The third-order valence-corrected chi connectivity index (χ3v) is 4.28. The van der Waals surface area contributed by atoms with E-state index < -0.39 is 5.97 Å². The second kappa shape index (κ2) is 7.09. The van der Waals surface area contributed by atoms with Gasteiger partial charge in [-0.3, -0.25) is 9.69 Å². The molecule has 0 bridgehead atoms. The molecule has 0 aliphatic carbocycles. The number of hydrogen-bond acceptors (Lipinski definition) is 2. The first kappa shape index (κ1) is 15.3. The minimum atomic E-state index is -0.765. The Kier molecular flexibility index (Phi) is 5.44. The lowest BCUT2D eigenvalue weighted by atomic mass is 10.00. The summed E-state index contributed by atoms with van der Waals surface area (Å²) in [6, 6.07) is 5.96.